The lowest BCUT2D eigenvalue weighted by Crippen LogP contribution is -2.53. The van der Waals surface area contributed by atoms with Crippen LogP contribution >= 0.6 is 0 Å². The van der Waals surface area contributed by atoms with E-state index in [1.807, 2.05) is 25.1 Å². The zero-order valence-electron chi connectivity index (χ0n) is 15.3. The molecule has 0 bridgehead atoms. The second-order valence-corrected chi connectivity index (χ2v) is 8.51. The van der Waals surface area contributed by atoms with Crippen molar-refractivity contribution >= 4 is 10.0 Å². The minimum Gasteiger partial charge on any atom is -0.494 e. The summed E-state index contributed by atoms with van der Waals surface area (Å²) < 4.78 is 32.9. The first-order valence-corrected chi connectivity index (χ1v) is 10.5. The van der Waals surface area contributed by atoms with Crippen molar-refractivity contribution in [2.45, 2.75) is 31.3 Å². The van der Waals surface area contributed by atoms with E-state index in [2.05, 4.69) is 24.0 Å². The summed E-state index contributed by atoms with van der Waals surface area (Å²) in [6.07, 6.45) is 0. The van der Waals surface area contributed by atoms with Crippen molar-refractivity contribution in [3.05, 3.63) is 60.2 Å². The number of benzene rings is 2. The van der Waals surface area contributed by atoms with Gasteiger partial charge in [-0.3, -0.25) is 4.90 Å². The lowest BCUT2D eigenvalue weighted by Gasteiger charge is -2.39. The van der Waals surface area contributed by atoms with Crippen LogP contribution in [-0.4, -0.2) is 49.9 Å². The van der Waals surface area contributed by atoms with Gasteiger partial charge < -0.3 is 4.74 Å². The molecule has 0 amide bonds. The summed E-state index contributed by atoms with van der Waals surface area (Å²) in [7, 11) is -3.47. The van der Waals surface area contributed by atoms with Gasteiger partial charge >= 0.3 is 0 Å². The first-order valence-electron chi connectivity index (χ1n) is 9.01. The van der Waals surface area contributed by atoms with Crippen LogP contribution in [0.15, 0.2) is 59.5 Å². The van der Waals surface area contributed by atoms with Crippen LogP contribution in [0.2, 0.25) is 0 Å². The topological polar surface area (TPSA) is 49.9 Å². The van der Waals surface area contributed by atoms with Gasteiger partial charge in [0.15, 0.2) is 0 Å². The van der Waals surface area contributed by atoms with Gasteiger partial charge in [-0.2, -0.15) is 4.31 Å². The minimum absolute atomic E-state index is 0.168. The van der Waals surface area contributed by atoms with Crippen molar-refractivity contribution in [2.75, 3.05) is 26.2 Å². The average molecular weight is 375 g/mol. The van der Waals surface area contributed by atoms with Crippen molar-refractivity contribution < 1.29 is 13.2 Å². The number of sulfonamides is 1. The van der Waals surface area contributed by atoms with Gasteiger partial charge in [-0.05, 0) is 43.7 Å². The van der Waals surface area contributed by atoms with Crippen LogP contribution in [0.4, 0.5) is 0 Å². The van der Waals surface area contributed by atoms with Gasteiger partial charge in [-0.15, -0.1) is 0 Å². The quantitative estimate of drug-likeness (QED) is 0.780. The Balaban J connectivity index is 1.67. The zero-order valence-corrected chi connectivity index (χ0v) is 16.2. The van der Waals surface area contributed by atoms with Crippen molar-refractivity contribution in [3.8, 4) is 5.75 Å². The van der Waals surface area contributed by atoms with E-state index in [4.69, 9.17) is 4.74 Å². The first kappa shape index (κ1) is 18.9. The van der Waals surface area contributed by atoms with Crippen molar-refractivity contribution in [3.63, 3.8) is 0 Å². The Labute approximate surface area is 156 Å². The molecule has 26 heavy (non-hydrogen) atoms. The van der Waals surface area contributed by atoms with E-state index in [0.717, 1.165) is 13.1 Å². The number of hydrogen-bond donors (Lipinski definition) is 0. The van der Waals surface area contributed by atoms with Crippen LogP contribution < -0.4 is 4.74 Å². The molecule has 0 N–H and O–H groups in total. The number of piperazine rings is 1. The largest absolute Gasteiger partial charge is 0.494 e. The van der Waals surface area contributed by atoms with E-state index >= 15 is 0 Å². The normalized spacial score (nSPS) is 19.4. The molecule has 1 aliphatic rings. The van der Waals surface area contributed by atoms with Gasteiger partial charge in [0, 0.05) is 32.2 Å². The van der Waals surface area contributed by atoms with Gasteiger partial charge in [0.25, 0.3) is 0 Å². The molecule has 0 aromatic heterocycles. The highest BCUT2D eigenvalue weighted by Crippen LogP contribution is 2.23. The molecule has 6 heteroatoms. The van der Waals surface area contributed by atoms with E-state index < -0.39 is 10.0 Å². The lowest BCUT2D eigenvalue weighted by atomic mass is 10.1. The molecule has 1 unspecified atom stereocenters. The van der Waals surface area contributed by atoms with E-state index in [1.54, 1.807) is 28.6 Å². The third-order valence-electron chi connectivity index (χ3n) is 4.73. The van der Waals surface area contributed by atoms with Gasteiger partial charge in [0.05, 0.1) is 11.5 Å². The van der Waals surface area contributed by atoms with E-state index in [1.165, 1.54) is 5.56 Å². The Hall–Kier alpha value is -1.89. The van der Waals surface area contributed by atoms with Gasteiger partial charge in [-0.25, -0.2) is 8.42 Å². The molecule has 1 fully saturated rings. The molecule has 3 rings (SSSR count). The summed E-state index contributed by atoms with van der Waals surface area (Å²) in [5, 5.41) is 0. The molecule has 1 heterocycles. The summed E-state index contributed by atoms with van der Waals surface area (Å²) >= 11 is 0. The number of ether oxygens (including phenoxy) is 1. The minimum atomic E-state index is -3.47. The number of rotatable bonds is 6. The molecule has 0 aliphatic carbocycles. The highest BCUT2D eigenvalue weighted by Gasteiger charge is 2.32. The highest BCUT2D eigenvalue weighted by atomic mass is 32.2. The fourth-order valence-electron chi connectivity index (χ4n) is 3.26. The molecule has 1 atom stereocenters. The molecule has 0 saturated carbocycles. The fourth-order valence-corrected chi connectivity index (χ4v) is 4.77. The SMILES string of the molecule is CCOc1ccc(S(=O)(=O)N2CCN(Cc3ccccc3)C(C)C2)cc1. The first-order chi connectivity index (χ1) is 12.5. The van der Waals surface area contributed by atoms with Crippen LogP contribution in [0, 0.1) is 0 Å². The summed E-state index contributed by atoms with van der Waals surface area (Å²) in [5.41, 5.74) is 1.25. The molecule has 2 aromatic rings. The monoisotopic (exact) mass is 374 g/mol. The lowest BCUT2D eigenvalue weighted by molar-refractivity contribution is 0.122. The van der Waals surface area contributed by atoms with E-state index in [-0.39, 0.29) is 6.04 Å². The van der Waals surface area contributed by atoms with E-state index in [9.17, 15) is 8.42 Å². The van der Waals surface area contributed by atoms with Gasteiger partial charge in [0.1, 0.15) is 5.75 Å². The maximum Gasteiger partial charge on any atom is 0.243 e. The molecule has 1 aliphatic heterocycles. The molecule has 5 nitrogen and oxygen atoms in total. The molecule has 0 radical (unpaired) electrons. The Bertz CT molecular complexity index is 807. The Kier molecular flexibility index (Phi) is 5.96. The van der Waals surface area contributed by atoms with Crippen LogP contribution in [0.3, 0.4) is 0 Å². The van der Waals surface area contributed by atoms with Gasteiger partial charge in [0.2, 0.25) is 10.0 Å². The maximum absolute atomic E-state index is 12.9. The van der Waals surface area contributed by atoms with Gasteiger partial charge in [-0.1, -0.05) is 30.3 Å². The molecule has 0 spiro atoms. The molecule has 140 valence electrons. The fraction of sp³-hybridized carbons (Fsp3) is 0.400. The average Bonchev–Trinajstić information content (AvgIpc) is 2.65. The second kappa shape index (κ2) is 8.20. The van der Waals surface area contributed by atoms with E-state index in [0.29, 0.717) is 30.3 Å². The summed E-state index contributed by atoms with van der Waals surface area (Å²) in [6, 6.07) is 17.1. The van der Waals surface area contributed by atoms with Crippen molar-refractivity contribution in [1.29, 1.82) is 0 Å². The highest BCUT2D eigenvalue weighted by molar-refractivity contribution is 7.89. The smallest absolute Gasteiger partial charge is 0.243 e. The summed E-state index contributed by atoms with van der Waals surface area (Å²) in [6.45, 7) is 7.14. The van der Waals surface area contributed by atoms with Crippen LogP contribution in [0.1, 0.15) is 19.4 Å². The number of nitrogens with zero attached hydrogens (tertiary/aromatic N) is 2. The predicted octanol–water partition coefficient (Wildman–Crippen LogP) is 2.98. The number of hydrogen-bond acceptors (Lipinski definition) is 4. The zero-order chi connectivity index (χ0) is 18.6. The maximum atomic E-state index is 12.9. The standard InChI is InChI=1S/C20H26N2O3S/c1-3-25-19-9-11-20(12-10-19)26(23,24)22-14-13-21(17(2)15-22)16-18-7-5-4-6-8-18/h4-12,17H,3,13-16H2,1-2H3. The van der Waals surface area contributed by atoms with Crippen LogP contribution in [0.5, 0.6) is 5.75 Å². The Morgan fingerprint density at radius 2 is 1.73 bits per heavy atom. The van der Waals surface area contributed by atoms with Crippen LogP contribution in [0.25, 0.3) is 0 Å². The Morgan fingerprint density at radius 1 is 1.04 bits per heavy atom. The second-order valence-electron chi connectivity index (χ2n) is 6.57. The Morgan fingerprint density at radius 3 is 2.35 bits per heavy atom. The van der Waals surface area contributed by atoms with Crippen molar-refractivity contribution in [1.82, 2.24) is 9.21 Å². The van der Waals surface area contributed by atoms with Crippen molar-refractivity contribution in [2.24, 2.45) is 0 Å². The van der Waals surface area contributed by atoms with Crippen LogP contribution in [-0.2, 0) is 16.6 Å². The predicted molar refractivity (Wildman–Crippen MR) is 103 cm³/mol. The third kappa shape index (κ3) is 4.26. The summed E-state index contributed by atoms with van der Waals surface area (Å²) in [4.78, 5) is 2.66. The molecule has 2 aromatic carbocycles. The molecule has 1 saturated heterocycles. The third-order valence-corrected chi connectivity index (χ3v) is 6.61. The summed E-state index contributed by atoms with van der Waals surface area (Å²) in [5.74, 6) is 0.687. The molecular formula is C20H26N2O3S. The molecular weight excluding hydrogens is 348 g/mol.